The van der Waals surface area contributed by atoms with Gasteiger partial charge in [-0.3, -0.25) is 0 Å². The van der Waals surface area contributed by atoms with Crippen molar-refractivity contribution in [1.29, 1.82) is 0 Å². The van der Waals surface area contributed by atoms with E-state index in [1.807, 2.05) is 35.9 Å². The van der Waals surface area contributed by atoms with Crippen LogP contribution in [0.5, 0.6) is 0 Å². The number of para-hydroxylation sites is 1. The Bertz CT molecular complexity index is 953. The Hall–Kier alpha value is -1.22. The average molecular weight is 454 g/mol. The van der Waals surface area contributed by atoms with Gasteiger partial charge in [0.1, 0.15) is 5.82 Å². The third-order valence-electron chi connectivity index (χ3n) is 3.65. The van der Waals surface area contributed by atoms with Crippen LogP contribution in [0.2, 0.25) is 0 Å². The molecule has 0 N–H and O–H groups in total. The molecule has 0 amide bonds. The molecule has 25 heavy (non-hydrogen) atoms. The van der Waals surface area contributed by atoms with E-state index in [2.05, 4.69) is 37.2 Å². The molecule has 0 aliphatic carbocycles. The molecule has 0 saturated heterocycles. The molecule has 3 nitrogen and oxygen atoms in total. The van der Waals surface area contributed by atoms with Crippen LogP contribution in [0.15, 0.2) is 61.5 Å². The van der Waals surface area contributed by atoms with Gasteiger partial charge in [0.15, 0.2) is 4.34 Å². The summed E-state index contributed by atoms with van der Waals surface area (Å²) in [6.45, 7) is 0. The first kappa shape index (κ1) is 17.2. The lowest BCUT2D eigenvalue weighted by Crippen LogP contribution is -2.04. The van der Waals surface area contributed by atoms with E-state index in [4.69, 9.17) is 0 Å². The maximum absolute atomic E-state index is 14.1. The largest absolute Gasteiger partial charge is 0.230 e. The molecule has 0 bridgehead atoms. The number of benzene rings is 2. The molecule has 2 aromatic carbocycles. The van der Waals surface area contributed by atoms with Crippen LogP contribution in [-0.2, 0) is 5.75 Å². The highest BCUT2D eigenvalue weighted by Crippen LogP contribution is 2.38. The molecule has 0 radical (unpaired) electrons. The molecule has 0 spiro atoms. The van der Waals surface area contributed by atoms with Crippen LogP contribution >= 0.6 is 49.9 Å². The van der Waals surface area contributed by atoms with Gasteiger partial charge in [-0.05, 0) is 29.8 Å². The van der Waals surface area contributed by atoms with Crippen molar-refractivity contribution in [3.05, 3.63) is 58.3 Å². The van der Waals surface area contributed by atoms with E-state index in [0.29, 0.717) is 11.3 Å². The summed E-state index contributed by atoms with van der Waals surface area (Å²) in [5, 5.41) is 9.37. The highest BCUT2D eigenvalue weighted by molar-refractivity contribution is 9.10. The molecule has 0 fully saturated rings. The molecule has 3 aromatic rings. The van der Waals surface area contributed by atoms with Crippen LogP contribution in [0.3, 0.4) is 0 Å². The van der Waals surface area contributed by atoms with Crippen molar-refractivity contribution in [1.82, 2.24) is 4.98 Å². The lowest BCUT2D eigenvalue weighted by atomic mass is 10.2. The van der Waals surface area contributed by atoms with Crippen molar-refractivity contribution in [3.8, 4) is 0 Å². The Kier molecular flexibility index (Phi) is 5.21. The molecule has 1 aliphatic heterocycles. The van der Waals surface area contributed by atoms with Gasteiger partial charge in [-0.1, -0.05) is 45.9 Å². The van der Waals surface area contributed by atoms with Crippen LogP contribution < -0.4 is 0 Å². The number of hydrogen-bond acceptors (Lipinski definition) is 5. The molecular weight excluding hydrogens is 441 g/mol. The molecule has 0 saturated carbocycles. The quantitative estimate of drug-likeness (QED) is 0.388. The summed E-state index contributed by atoms with van der Waals surface area (Å²) >= 11 is 6.66. The van der Waals surface area contributed by atoms with Gasteiger partial charge in [0.05, 0.1) is 20.8 Å². The van der Waals surface area contributed by atoms with E-state index < -0.39 is 10.9 Å². The summed E-state index contributed by atoms with van der Waals surface area (Å²) in [4.78, 5) is 4.63. The summed E-state index contributed by atoms with van der Waals surface area (Å²) in [5.41, 5.74) is 3.60. The van der Waals surface area contributed by atoms with E-state index >= 15 is 0 Å². The van der Waals surface area contributed by atoms with Gasteiger partial charge in [-0.15, -0.1) is 16.4 Å². The van der Waals surface area contributed by atoms with E-state index in [1.165, 1.54) is 10.8 Å². The third kappa shape index (κ3) is 3.97. The van der Waals surface area contributed by atoms with E-state index in [1.54, 1.807) is 23.1 Å². The Morgan fingerprint density at radius 2 is 2.08 bits per heavy atom. The monoisotopic (exact) mass is 453 g/mol. The van der Waals surface area contributed by atoms with E-state index in [9.17, 15) is 4.39 Å². The first-order valence-corrected chi connectivity index (χ1v) is 11.7. The van der Waals surface area contributed by atoms with Gasteiger partial charge in [0, 0.05) is 16.0 Å². The summed E-state index contributed by atoms with van der Waals surface area (Å²) in [6.07, 6.45) is 0. The number of rotatable bonds is 5. The smallest absolute Gasteiger partial charge is 0.151 e. The van der Waals surface area contributed by atoms with Crippen LogP contribution in [0.1, 0.15) is 5.56 Å². The molecule has 1 unspecified atom stereocenters. The van der Waals surface area contributed by atoms with Gasteiger partial charge in [-0.2, -0.15) is 16.0 Å². The Morgan fingerprint density at radius 3 is 2.92 bits per heavy atom. The molecule has 1 aromatic heterocycles. The van der Waals surface area contributed by atoms with Gasteiger partial charge in [-0.25, -0.2) is 9.37 Å². The van der Waals surface area contributed by atoms with Gasteiger partial charge >= 0.3 is 0 Å². The summed E-state index contributed by atoms with van der Waals surface area (Å²) in [7, 11) is -0.672. The number of thiazole rings is 1. The molecule has 1 atom stereocenters. The number of nitrogens with zero attached hydrogens (tertiary/aromatic N) is 3. The molecular formula is C17H13BrFN3S3. The minimum Gasteiger partial charge on any atom is -0.230 e. The number of halogens is 2. The Morgan fingerprint density at radius 1 is 1.20 bits per heavy atom. The van der Waals surface area contributed by atoms with Crippen molar-refractivity contribution in [2.75, 3.05) is 5.75 Å². The second kappa shape index (κ2) is 7.57. The molecule has 128 valence electrons. The van der Waals surface area contributed by atoms with E-state index in [-0.39, 0.29) is 5.82 Å². The van der Waals surface area contributed by atoms with Crippen LogP contribution in [0, 0.1) is 5.82 Å². The molecule has 2 heterocycles. The number of fused-ring (bicyclic) bond motifs is 1. The van der Waals surface area contributed by atoms with E-state index in [0.717, 1.165) is 25.1 Å². The Labute approximate surface area is 163 Å². The minimum absolute atomic E-state index is 0.185. The predicted octanol–water partition coefficient (Wildman–Crippen LogP) is 5.85. The highest BCUT2D eigenvalue weighted by Gasteiger charge is 2.18. The summed E-state index contributed by atoms with van der Waals surface area (Å²) < 4.78 is 17.1. The van der Waals surface area contributed by atoms with Gasteiger partial charge in [0.2, 0.25) is 0 Å². The minimum atomic E-state index is -0.672. The van der Waals surface area contributed by atoms with Crippen molar-refractivity contribution in [2.24, 2.45) is 10.2 Å². The highest BCUT2D eigenvalue weighted by atomic mass is 79.9. The molecule has 1 aliphatic rings. The SMILES string of the molecule is Fc1cc(Br)ccc1C[SH]1C=NN=C1CSc1nc2ccccc2s1. The van der Waals surface area contributed by atoms with Crippen molar-refractivity contribution in [2.45, 2.75) is 10.1 Å². The molecule has 8 heteroatoms. The normalized spacial score (nSPS) is 18.0. The van der Waals surface area contributed by atoms with Crippen LogP contribution in [0.25, 0.3) is 10.2 Å². The number of thioether (sulfide) groups is 1. The first-order chi connectivity index (χ1) is 12.2. The third-order valence-corrected chi connectivity index (χ3v) is 8.52. The lowest BCUT2D eigenvalue weighted by molar-refractivity contribution is 0.616. The van der Waals surface area contributed by atoms with Crippen LogP contribution in [-0.4, -0.2) is 21.3 Å². The lowest BCUT2D eigenvalue weighted by Gasteiger charge is -2.14. The topological polar surface area (TPSA) is 37.6 Å². The van der Waals surface area contributed by atoms with Gasteiger partial charge in [0.25, 0.3) is 0 Å². The maximum atomic E-state index is 14.1. The zero-order valence-electron chi connectivity index (χ0n) is 12.9. The van der Waals surface area contributed by atoms with Crippen molar-refractivity contribution >= 4 is 70.7 Å². The van der Waals surface area contributed by atoms with Crippen molar-refractivity contribution < 1.29 is 4.39 Å². The fourth-order valence-electron chi connectivity index (χ4n) is 2.40. The second-order valence-corrected chi connectivity index (χ2v) is 10.5. The predicted molar refractivity (Wildman–Crippen MR) is 113 cm³/mol. The number of thiol groups is 1. The fourth-order valence-corrected chi connectivity index (χ4v) is 6.80. The fraction of sp³-hybridized carbons (Fsp3) is 0.118. The second-order valence-electron chi connectivity index (χ2n) is 5.35. The first-order valence-electron chi connectivity index (χ1n) is 7.48. The standard InChI is InChI=1S/C17H13BrFN3S3/c18-12-6-5-11(13(19)7-12)9-25-10-20-22-16(25)8-23-17-21-14-3-1-2-4-15(14)24-17/h1-7,10,25H,8-9H2. The van der Waals surface area contributed by atoms with Crippen LogP contribution in [0.4, 0.5) is 4.39 Å². The number of aromatic nitrogens is 1. The maximum Gasteiger partial charge on any atom is 0.151 e. The summed E-state index contributed by atoms with van der Waals surface area (Å²) in [5.74, 6) is 1.19. The Balaban J connectivity index is 1.43. The zero-order chi connectivity index (χ0) is 17.2. The summed E-state index contributed by atoms with van der Waals surface area (Å²) in [6, 6.07) is 13.3. The van der Waals surface area contributed by atoms with Gasteiger partial charge < -0.3 is 0 Å². The molecule has 4 rings (SSSR count). The average Bonchev–Trinajstić information content (AvgIpc) is 3.21. The zero-order valence-corrected chi connectivity index (χ0v) is 17.0. The number of hydrogen-bond donors (Lipinski definition) is 1. The van der Waals surface area contributed by atoms with Crippen molar-refractivity contribution in [3.63, 3.8) is 0 Å².